The normalized spacial score (nSPS) is 40.4. The van der Waals surface area contributed by atoms with Gasteiger partial charge in [0.05, 0.1) is 18.9 Å². The number of esters is 3. The Hall–Kier alpha value is -2.45. The van der Waals surface area contributed by atoms with Gasteiger partial charge in [0.25, 0.3) is 5.91 Å². The first kappa shape index (κ1) is 22.2. The number of Topliss-reactive ketones (excluding diaryl/α,β-unsaturated/α-hetero) is 1. The summed E-state index contributed by atoms with van der Waals surface area (Å²) >= 11 is 0. The van der Waals surface area contributed by atoms with Gasteiger partial charge in [-0.1, -0.05) is 13.8 Å². The highest BCUT2D eigenvalue weighted by Crippen LogP contribution is 2.63. The second kappa shape index (κ2) is 7.67. The lowest BCUT2D eigenvalue weighted by Gasteiger charge is -2.60. The van der Waals surface area contributed by atoms with Crippen LogP contribution >= 0.6 is 0 Å². The molecule has 1 heterocycles. The van der Waals surface area contributed by atoms with E-state index in [0.29, 0.717) is 12.8 Å². The van der Waals surface area contributed by atoms with Crippen molar-refractivity contribution in [3.05, 3.63) is 0 Å². The summed E-state index contributed by atoms with van der Waals surface area (Å²) in [6.45, 7) is 4.87. The molecule has 1 saturated heterocycles. The van der Waals surface area contributed by atoms with Crippen molar-refractivity contribution in [2.75, 3.05) is 14.2 Å². The van der Waals surface area contributed by atoms with Crippen molar-refractivity contribution in [3.8, 4) is 0 Å². The molecule has 3 rings (SSSR count). The molecule has 0 aromatic rings. The van der Waals surface area contributed by atoms with E-state index in [1.54, 1.807) is 6.92 Å². The molecule has 1 aliphatic heterocycles. The van der Waals surface area contributed by atoms with E-state index < -0.39 is 64.6 Å². The van der Waals surface area contributed by atoms with Crippen LogP contribution in [0.4, 0.5) is 0 Å². The fourth-order valence-electron chi connectivity index (χ4n) is 6.13. The third kappa shape index (κ3) is 3.28. The average Bonchev–Trinajstić information content (AvgIpc) is 2.67. The topological polar surface area (TPSA) is 125 Å². The Morgan fingerprint density at radius 1 is 1.17 bits per heavy atom. The van der Waals surface area contributed by atoms with E-state index in [2.05, 4.69) is 5.32 Å². The van der Waals surface area contributed by atoms with E-state index in [0.717, 1.165) is 0 Å². The van der Waals surface area contributed by atoms with Crippen molar-refractivity contribution < 1.29 is 38.2 Å². The van der Waals surface area contributed by atoms with Crippen LogP contribution in [0.1, 0.15) is 46.5 Å². The molecule has 1 N–H and O–H groups in total. The van der Waals surface area contributed by atoms with E-state index in [1.807, 2.05) is 6.92 Å². The van der Waals surface area contributed by atoms with Crippen LogP contribution in [0.5, 0.6) is 0 Å². The number of cyclic esters (lactones) is 1. The molecule has 0 bridgehead atoms. The maximum Gasteiger partial charge on any atom is 0.310 e. The fourth-order valence-corrected chi connectivity index (χ4v) is 6.13. The molecular weight excluding hydrogens is 394 g/mol. The maximum atomic E-state index is 13.6. The molecule has 7 atom stereocenters. The number of ether oxygens (including phenoxy) is 3. The number of methoxy groups -OCH3 is 1. The maximum absolute atomic E-state index is 13.6. The van der Waals surface area contributed by atoms with Crippen molar-refractivity contribution in [2.24, 2.45) is 28.6 Å². The second-order valence-electron chi connectivity index (χ2n) is 9.09. The zero-order valence-electron chi connectivity index (χ0n) is 18.0. The molecule has 0 spiro atoms. The van der Waals surface area contributed by atoms with Crippen LogP contribution in [0.2, 0.25) is 0 Å². The van der Waals surface area contributed by atoms with Crippen LogP contribution in [0, 0.1) is 28.6 Å². The molecule has 0 aromatic heterocycles. The number of rotatable bonds is 3. The average molecular weight is 423 g/mol. The molecule has 0 unspecified atom stereocenters. The Bertz CT molecular complexity index is 794. The highest BCUT2D eigenvalue weighted by molar-refractivity contribution is 5.94. The minimum atomic E-state index is -1.10. The van der Waals surface area contributed by atoms with Gasteiger partial charge in [0.15, 0.2) is 18.0 Å². The summed E-state index contributed by atoms with van der Waals surface area (Å²) in [6, 6.07) is 0. The smallest absolute Gasteiger partial charge is 0.310 e. The van der Waals surface area contributed by atoms with E-state index in [9.17, 15) is 24.0 Å². The summed E-state index contributed by atoms with van der Waals surface area (Å²) in [4.78, 5) is 62.9. The van der Waals surface area contributed by atoms with Crippen LogP contribution in [-0.2, 0) is 38.2 Å². The Morgan fingerprint density at radius 2 is 1.83 bits per heavy atom. The standard InChI is InChI=1S/C21H29NO8/c1-10(23)29-13-8-12(18(26)28-5)20(2)7-6-11-19(27)30-14(17(25)22-4)9-21(11,3)16(20)15(13)24/h11-14,16H,6-9H2,1-5H3,(H,22,25)/t11-,12-,13-,14-,16-,20-,21-/m0/s1. The molecule has 2 aliphatic carbocycles. The van der Waals surface area contributed by atoms with Crippen molar-refractivity contribution in [1.82, 2.24) is 5.32 Å². The summed E-state index contributed by atoms with van der Waals surface area (Å²) < 4.78 is 15.7. The van der Waals surface area contributed by atoms with E-state index in [1.165, 1.54) is 21.1 Å². The number of ketones is 1. The number of hydrogen-bond donors (Lipinski definition) is 1. The van der Waals surface area contributed by atoms with Gasteiger partial charge in [0.1, 0.15) is 0 Å². The molecule has 166 valence electrons. The van der Waals surface area contributed by atoms with Crippen LogP contribution in [-0.4, -0.2) is 56.0 Å². The Labute approximate surface area is 175 Å². The van der Waals surface area contributed by atoms with Crippen molar-refractivity contribution in [1.29, 1.82) is 0 Å². The highest BCUT2D eigenvalue weighted by atomic mass is 16.6. The highest BCUT2D eigenvalue weighted by Gasteiger charge is 2.68. The summed E-state index contributed by atoms with van der Waals surface area (Å²) in [7, 11) is 2.73. The summed E-state index contributed by atoms with van der Waals surface area (Å²) in [5, 5.41) is 2.49. The minimum absolute atomic E-state index is 0.0438. The molecule has 1 amide bonds. The SMILES string of the molecule is CNC(=O)[C@@H]1C[C@]2(C)[C@H]3C(=O)[C@@H](OC(C)=O)C[C@@H](C(=O)OC)[C@]3(C)CC[C@H]2C(=O)O1. The van der Waals surface area contributed by atoms with E-state index >= 15 is 0 Å². The zero-order valence-corrected chi connectivity index (χ0v) is 18.0. The Kier molecular flexibility index (Phi) is 5.68. The van der Waals surface area contributed by atoms with Crippen LogP contribution in [0.3, 0.4) is 0 Å². The van der Waals surface area contributed by atoms with Gasteiger partial charge in [-0.2, -0.15) is 0 Å². The van der Waals surface area contributed by atoms with Crippen molar-refractivity contribution in [3.63, 3.8) is 0 Å². The molecule has 2 saturated carbocycles. The van der Waals surface area contributed by atoms with Gasteiger partial charge >= 0.3 is 17.9 Å². The molecule has 3 aliphatic rings. The molecule has 3 fully saturated rings. The number of nitrogens with one attached hydrogen (secondary N) is 1. The van der Waals surface area contributed by atoms with Crippen LogP contribution < -0.4 is 5.32 Å². The van der Waals surface area contributed by atoms with Gasteiger partial charge in [0, 0.05) is 32.7 Å². The lowest BCUT2D eigenvalue weighted by Crippen LogP contribution is -2.66. The Balaban J connectivity index is 2.10. The zero-order chi connectivity index (χ0) is 22.4. The predicted octanol–water partition coefficient (Wildman–Crippen LogP) is 0.780. The number of hydrogen-bond acceptors (Lipinski definition) is 8. The number of fused-ring (bicyclic) bond motifs is 3. The lowest BCUT2D eigenvalue weighted by atomic mass is 9.43. The van der Waals surface area contributed by atoms with E-state index in [4.69, 9.17) is 14.2 Å². The van der Waals surface area contributed by atoms with Gasteiger partial charge in [-0.15, -0.1) is 0 Å². The van der Waals surface area contributed by atoms with Crippen molar-refractivity contribution in [2.45, 2.75) is 58.7 Å². The predicted molar refractivity (Wildman–Crippen MR) is 102 cm³/mol. The second-order valence-corrected chi connectivity index (χ2v) is 9.09. The summed E-state index contributed by atoms with van der Waals surface area (Å²) in [5.41, 5.74) is -1.72. The third-order valence-corrected chi connectivity index (χ3v) is 7.44. The van der Waals surface area contributed by atoms with E-state index in [-0.39, 0.29) is 18.6 Å². The molecule has 9 heteroatoms. The number of amides is 1. The fraction of sp³-hybridized carbons (Fsp3) is 0.762. The largest absolute Gasteiger partial charge is 0.469 e. The van der Waals surface area contributed by atoms with Crippen molar-refractivity contribution >= 4 is 29.6 Å². The van der Waals surface area contributed by atoms with Gasteiger partial charge in [0.2, 0.25) is 0 Å². The van der Waals surface area contributed by atoms with Gasteiger partial charge in [-0.25, -0.2) is 0 Å². The third-order valence-electron chi connectivity index (χ3n) is 7.44. The molecule has 30 heavy (non-hydrogen) atoms. The van der Waals surface area contributed by atoms with Crippen LogP contribution in [0.15, 0.2) is 0 Å². The number of carbonyl (C=O) groups is 5. The monoisotopic (exact) mass is 423 g/mol. The first-order valence-electron chi connectivity index (χ1n) is 10.2. The number of carbonyl (C=O) groups excluding carboxylic acids is 5. The van der Waals surface area contributed by atoms with Gasteiger partial charge in [-0.05, 0) is 23.7 Å². The molecule has 0 aromatic carbocycles. The van der Waals surface area contributed by atoms with Gasteiger partial charge < -0.3 is 19.5 Å². The first-order chi connectivity index (χ1) is 14.0. The quantitative estimate of drug-likeness (QED) is 0.521. The summed E-state index contributed by atoms with van der Waals surface area (Å²) in [5.74, 6) is -4.41. The van der Waals surface area contributed by atoms with Gasteiger partial charge in [-0.3, -0.25) is 24.0 Å². The van der Waals surface area contributed by atoms with Crippen LogP contribution in [0.25, 0.3) is 0 Å². The molecular formula is C21H29NO8. The molecule has 0 radical (unpaired) electrons. The first-order valence-corrected chi connectivity index (χ1v) is 10.2. The molecule has 9 nitrogen and oxygen atoms in total. The minimum Gasteiger partial charge on any atom is -0.469 e. The lowest BCUT2D eigenvalue weighted by molar-refractivity contribution is -0.210. The number of likely N-dealkylation sites (N-methyl/N-ethyl adjacent to an activating group) is 1. The summed E-state index contributed by atoms with van der Waals surface area (Å²) in [6.07, 6.45) is -1.06. The Morgan fingerprint density at radius 3 is 2.40 bits per heavy atom.